The van der Waals surface area contributed by atoms with Crippen LogP contribution >= 0.6 is 39.1 Å². The molecular formula is C47H50BrCl2F2N5O2. The van der Waals surface area contributed by atoms with Crippen molar-refractivity contribution in [1.82, 2.24) is 24.5 Å². The Morgan fingerprint density at radius 1 is 0.712 bits per heavy atom. The minimum Gasteiger partial charge on any atom is -0.334 e. The summed E-state index contributed by atoms with van der Waals surface area (Å²) in [5.41, 5.74) is 4.74. The molecule has 2 heterocycles. The molecule has 2 saturated heterocycles. The fraction of sp³-hybridized carbons (Fsp3) is 0.319. The van der Waals surface area contributed by atoms with Gasteiger partial charge in [-0.2, -0.15) is 0 Å². The molecule has 2 amide bonds. The molecule has 0 spiro atoms. The molecule has 0 N–H and O–H groups in total. The van der Waals surface area contributed by atoms with E-state index >= 15 is 0 Å². The van der Waals surface area contributed by atoms with E-state index in [0.29, 0.717) is 29.7 Å². The molecule has 59 heavy (non-hydrogen) atoms. The van der Waals surface area contributed by atoms with Gasteiger partial charge in [0.1, 0.15) is 11.6 Å². The first kappa shape index (κ1) is 45.7. The summed E-state index contributed by atoms with van der Waals surface area (Å²) >= 11 is 15.5. The van der Waals surface area contributed by atoms with Crippen molar-refractivity contribution in [2.24, 2.45) is 0 Å². The van der Waals surface area contributed by atoms with E-state index < -0.39 is 0 Å². The molecule has 4 aromatic rings. The van der Waals surface area contributed by atoms with E-state index in [1.54, 1.807) is 30.4 Å². The Hall–Kier alpha value is -4.34. The van der Waals surface area contributed by atoms with E-state index in [4.69, 9.17) is 23.2 Å². The number of nitrogens with zero attached hydrogens (tertiary/aromatic N) is 5. The Labute approximate surface area is 366 Å². The second-order valence-electron chi connectivity index (χ2n) is 15.1. The predicted molar refractivity (Wildman–Crippen MR) is 240 cm³/mol. The second kappa shape index (κ2) is 22.3. The number of hydrogen-bond acceptors (Lipinski definition) is 5. The highest BCUT2D eigenvalue weighted by molar-refractivity contribution is 9.10. The minimum absolute atomic E-state index is 0.00535. The van der Waals surface area contributed by atoms with Gasteiger partial charge in [-0.1, -0.05) is 87.4 Å². The molecule has 0 aromatic heterocycles. The van der Waals surface area contributed by atoms with Gasteiger partial charge in [-0.15, -0.1) is 0 Å². The summed E-state index contributed by atoms with van der Waals surface area (Å²) in [4.78, 5) is 35.8. The van der Waals surface area contributed by atoms with Crippen LogP contribution in [0.1, 0.15) is 41.7 Å². The van der Waals surface area contributed by atoms with Crippen molar-refractivity contribution in [2.75, 3.05) is 59.9 Å². The van der Waals surface area contributed by atoms with Crippen molar-refractivity contribution in [3.8, 4) is 11.8 Å². The molecule has 310 valence electrons. The number of carbonyl (C=O) groups excluding carboxylic acids is 2. The lowest BCUT2D eigenvalue weighted by Crippen LogP contribution is -2.53. The van der Waals surface area contributed by atoms with Crippen LogP contribution in [0, 0.1) is 23.5 Å². The smallest absolute Gasteiger partial charge is 0.246 e. The van der Waals surface area contributed by atoms with Crippen LogP contribution < -0.4 is 0 Å². The molecule has 0 bridgehead atoms. The van der Waals surface area contributed by atoms with E-state index in [1.165, 1.54) is 24.3 Å². The number of rotatable bonds is 9. The molecule has 0 radical (unpaired) electrons. The third-order valence-corrected chi connectivity index (χ3v) is 11.2. The molecule has 2 unspecified atom stereocenters. The molecule has 0 aliphatic carbocycles. The Morgan fingerprint density at radius 3 is 1.63 bits per heavy atom. The Morgan fingerprint density at radius 2 is 1.17 bits per heavy atom. The van der Waals surface area contributed by atoms with Gasteiger partial charge in [0.15, 0.2) is 0 Å². The van der Waals surface area contributed by atoms with E-state index in [9.17, 15) is 18.4 Å². The van der Waals surface area contributed by atoms with Crippen LogP contribution in [0.25, 0.3) is 12.2 Å². The average Bonchev–Trinajstić information content (AvgIpc) is 3.19. The van der Waals surface area contributed by atoms with Crippen molar-refractivity contribution in [2.45, 2.75) is 39.0 Å². The van der Waals surface area contributed by atoms with Crippen molar-refractivity contribution in [1.29, 1.82) is 0 Å². The fourth-order valence-corrected chi connectivity index (χ4v) is 7.92. The first-order valence-corrected chi connectivity index (χ1v) is 21.1. The van der Waals surface area contributed by atoms with Crippen molar-refractivity contribution < 1.29 is 18.4 Å². The summed E-state index contributed by atoms with van der Waals surface area (Å²) in [5.74, 6) is 5.81. The van der Waals surface area contributed by atoms with Crippen LogP contribution in [0.5, 0.6) is 0 Å². The second-order valence-corrected chi connectivity index (χ2v) is 16.8. The highest BCUT2D eigenvalue weighted by atomic mass is 79.9. The number of benzene rings is 4. The molecule has 7 nitrogen and oxygen atoms in total. The van der Waals surface area contributed by atoms with E-state index in [2.05, 4.69) is 51.4 Å². The summed E-state index contributed by atoms with van der Waals surface area (Å²) in [7, 11) is 3.93. The first-order valence-electron chi connectivity index (χ1n) is 19.5. The van der Waals surface area contributed by atoms with Crippen molar-refractivity contribution >= 4 is 63.1 Å². The van der Waals surface area contributed by atoms with Crippen LogP contribution in [-0.4, -0.2) is 108 Å². The largest absolute Gasteiger partial charge is 0.334 e. The lowest BCUT2D eigenvalue weighted by molar-refractivity contribution is -0.131. The highest BCUT2D eigenvalue weighted by Crippen LogP contribution is 2.23. The summed E-state index contributed by atoms with van der Waals surface area (Å²) in [6, 6.07) is 24.4. The number of amides is 2. The fourth-order valence-electron chi connectivity index (χ4n) is 6.93. The van der Waals surface area contributed by atoms with Crippen LogP contribution in [0.4, 0.5) is 8.78 Å². The average molecular weight is 906 g/mol. The van der Waals surface area contributed by atoms with Gasteiger partial charge in [0.05, 0.1) is 6.54 Å². The number of halogens is 5. The maximum absolute atomic E-state index is 13.1. The summed E-state index contributed by atoms with van der Waals surface area (Å²) < 4.78 is 27.0. The van der Waals surface area contributed by atoms with Gasteiger partial charge in [-0.3, -0.25) is 24.3 Å². The van der Waals surface area contributed by atoms with Crippen LogP contribution in [0.3, 0.4) is 0 Å². The van der Waals surface area contributed by atoms with Crippen LogP contribution in [0.2, 0.25) is 10.0 Å². The van der Waals surface area contributed by atoms with E-state index in [-0.39, 0.29) is 35.5 Å². The first-order chi connectivity index (χ1) is 28.2. The lowest BCUT2D eigenvalue weighted by atomic mass is 10.1. The monoisotopic (exact) mass is 903 g/mol. The van der Waals surface area contributed by atoms with Crippen molar-refractivity contribution in [3.63, 3.8) is 0 Å². The molecule has 12 heteroatoms. The van der Waals surface area contributed by atoms with E-state index in [1.807, 2.05) is 83.4 Å². The van der Waals surface area contributed by atoms with Gasteiger partial charge >= 0.3 is 0 Å². The third kappa shape index (κ3) is 14.4. The maximum atomic E-state index is 13.1. The van der Waals surface area contributed by atoms with Gasteiger partial charge in [0, 0.05) is 96.7 Å². The lowest BCUT2D eigenvalue weighted by Gasteiger charge is -2.39. The summed E-state index contributed by atoms with van der Waals surface area (Å²) in [6.45, 7) is 10.8. The minimum atomic E-state index is -0.225. The molecule has 2 fully saturated rings. The maximum Gasteiger partial charge on any atom is 0.246 e. The molecule has 0 saturated carbocycles. The standard InChI is InChI=1S/C26H29ClFN3O.C21H21BrClFN2O/c1-20-18-30(19-21-6-11-25(28)12-7-21)15-16-31(20)26(32)13-9-22-8-10-24(27)17-23(22)5-4-14-29(2)3;1-15-13-25(14-16-2-7-19(24)8-3-16)10-11-26(15)21(27)9-5-17-4-6-18(23)12-20(17)22/h6-13,17,20H,14-16,18-19H2,1-3H3;2-9,12,15H,10-11,13-14H2,1H3/b13-9+;9-5+. The highest BCUT2D eigenvalue weighted by Gasteiger charge is 2.27. The van der Waals surface area contributed by atoms with Crippen molar-refractivity contribution in [3.05, 3.63) is 151 Å². The zero-order chi connectivity index (χ0) is 42.5. The summed E-state index contributed by atoms with van der Waals surface area (Å²) in [5, 5.41) is 1.27. The van der Waals surface area contributed by atoms with Crippen LogP contribution in [0.15, 0.2) is 102 Å². The number of piperazine rings is 2. The normalized spacial score (nSPS) is 17.5. The topological polar surface area (TPSA) is 50.3 Å². The quantitative estimate of drug-likeness (QED) is 0.124. The van der Waals surface area contributed by atoms with Gasteiger partial charge in [0.2, 0.25) is 11.8 Å². The van der Waals surface area contributed by atoms with Crippen LogP contribution in [-0.2, 0) is 22.7 Å². The Balaban J connectivity index is 0.000000227. The molecule has 6 rings (SSSR count). The molecule has 2 aliphatic heterocycles. The van der Waals surface area contributed by atoms with Gasteiger partial charge in [-0.25, -0.2) is 8.78 Å². The molecule has 4 aromatic carbocycles. The van der Waals surface area contributed by atoms with Gasteiger partial charge in [0.25, 0.3) is 0 Å². The zero-order valence-corrected chi connectivity index (χ0v) is 37.0. The summed E-state index contributed by atoms with van der Waals surface area (Å²) in [6.07, 6.45) is 6.85. The molecule has 2 aliphatic rings. The number of hydrogen-bond donors (Lipinski definition) is 0. The Bertz CT molecular complexity index is 2170. The third-order valence-electron chi connectivity index (χ3n) is 10.0. The van der Waals surface area contributed by atoms with E-state index in [0.717, 1.165) is 71.6 Å². The number of carbonyl (C=O) groups is 2. The van der Waals surface area contributed by atoms with Gasteiger partial charge < -0.3 is 9.80 Å². The predicted octanol–water partition coefficient (Wildman–Crippen LogP) is 9.13. The zero-order valence-electron chi connectivity index (χ0n) is 33.9. The molecular weight excluding hydrogens is 855 g/mol. The SMILES string of the molecule is CC1CN(Cc2ccc(F)cc2)CCN1C(=O)/C=C/c1ccc(Cl)cc1Br.CC1CN(Cc2ccc(F)cc2)CCN1C(=O)/C=C/c1ccc(Cl)cc1C#CCN(C)C. The molecule has 2 atom stereocenters. The Kier molecular flexibility index (Phi) is 17.3. The van der Waals surface area contributed by atoms with Gasteiger partial charge in [-0.05, 0) is 111 Å².